The number of carbonyl (C=O) groups excluding carboxylic acids is 1. The van der Waals surface area contributed by atoms with Gasteiger partial charge >= 0.3 is 5.97 Å². The number of esters is 1. The third-order valence-corrected chi connectivity index (χ3v) is 2.90. The first-order valence-electron chi connectivity index (χ1n) is 6.49. The minimum absolute atomic E-state index is 0.0466. The number of methoxy groups -OCH3 is 1. The third-order valence-electron chi connectivity index (χ3n) is 2.90. The Morgan fingerprint density at radius 3 is 2.50 bits per heavy atom. The summed E-state index contributed by atoms with van der Waals surface area (Å²) in [6.45, 7) is 1.26. The Kier molecular flexibility index (Phi) is 6.58. The Morgan fingerprint density at radius 1 is 1.30 bits per heavy atom. The fraction of sp³-hybridized carbons (Fsp3) is 0.533. The molecule has 0 aliphatic rings. The zero-order chi connectivity index (χ0) is 15.0. The zero-order valence-corrected chi connectivity index (χ0v) is 11.8. The van der Waals surface area contributed by atoms with Crippen LogP contribution < -0.4 is 0 Å². The summed E-state index contributed by atoms with van der Waals surface area (Å²) in [6.07, 6.45) is -0.313. The maximum absolute atomic E-state index is 12.8. The minimum atomic E-state index is -2.79. The number of alkyl halides is 2. The second-order valence-corrected chi connectivity index (χ2v) is 4.83. The van der Waals surface area contributed by atoms with Crippen molar-refractivity contribution >= 4 is 5.97 Å². The fourth-order valence-electron chi connectivity index (χ4n) is 1.76. The molecule has 0 saturated carbocycles. The van der Waals surface area contributed by atoms with E-state index in [1.54, 1.807) is 0 Å². The lowest BCUT2D eigenvalue weighted by molar-refractivity contribution is -0.148. The van der Waals surface area contributed by atoms with Gasteiger partial charge in [0.2, 0.25) is 5.92 Å². The van der Waals surface area contributed by atoms with Gasteiger partial charge in [0, 0.05) is 6.42 Å². The van der Waals surface area contributed by atoms with Gasteiger partial charge in [0.25, 0.3) is 0 Å². The predicted molar refractivity (Wildman–Crippen MR) is 71.5 cm³/mol. The van der Waals surface area contributed by atoms with Gasteiger partial charge in [-0.15, -0.1) is 0 Å². The van der Waals surface area contributed by atoms with E-state index >= 15 is 0 Å². The second-order valence-electron chi connectivity index (χ2n) is 4.83. The van der Waals surface area contributed by atoms with Crippen LogP contribution in [0.2, 0.25) is 0 Å². The molecule has 0 unspecified atom stereocenters. The molecular formula is C15H20F2O3. The predicted octanol–water partition coefficient (Wildman–Crippen LogP) is 3.43. The molecule has 0 fully saturated rings. The minimum Gasteiger partial charge on any atom is -0.469 e. The van der Waals surface area contributed by atoms with E-state index in [1.807, 2.05) is 30.3 Å². The summed E-state index contributed by atoms with van der Waals surface area (Å²) in [4.78, 5) is 11.5. The van der Waals surface area contributed by atoms with Crippen LogP contribution in [-0.2, 0) is 20.9 Å². The Hall–Kier alpha value is -1.49. The fourth-order valence-corrected chi connectivity index (χ4v) is 1.76. The van der Waals surface area contributed by atoms with Crippen LogP contribution in [0.1, 0.15) is 25.3 Å². The summed E-state index contributed by atoms with van der Waals surface area (Å²) >= 11 is 0. The van der Waals surface area contributed by atoms with Gasteiger partial charge in [-0.3, -0.25) is 4.79 Å². The molecule has 0 spiro atoms. The highest BCUT2D eigenvalue weighted by Gasteiger charge is 2.27. The van der Waals surface area contributed by atoms with Gasteiger partial charge in [0.1, 0.15) is 0 Å². The molecule has 1 aromatic carbocycles. The maximum Gasteiger partial charge on any atom is 0.311 e. The molecule has 1 atom stereocenters. The van der Waals surface area contributed by atoms with Crippen molar-refractivity contribution in [2.75, 3.05) is 13.7 Å². The number of hydrogen-bond donors (Lipinski definition) is 0. The summed E-state index contributed by atoms with van der Waals surface area (Å²) in [7, 11) is 1.25. The highest BCUT2D eigenvalue weighted by Crippen LogP contribution is 2.23. The number of hydrogen-bond acceptors (Lipinski definition) is 3. The van der Waals surface area contributed by atoms with Gasteiger partial charge in [0.05, 0.1) is 26.2 Å². The first-order valence-corrected chi connectivity index (χ1v) is 6.49. The summed E-state index contributed by atoms with van der Waals surface area (Å²) in [5.74, 6) is -3.96. The van der Waals surface area contributed by atoms with Crippen molar-refractivity contribution in [2.45, 2.75) is 32.3 Å². The molecule has 0 aromatic heterocycles. The van der Waals surface area contributed by atoms with Crippen LogP contribution >= 0.6 is 0 Å². The van der Waals surface area contributed by atoms with E-state index in [4.69, 9.17) is 4.74 Å². The van der Waals surface area contributed by atoms with Gasteiger partial charge in [-0.2, -0.15) is 0 Å². The van der Waals surface area contributed by atoms with Crippen LogP contribution in [0, 0.1) is 5.92 Å². The van der Waals surface area contributed by atoms with Crippen molar-refractivity contribution in [1.29, 1.82) is 0 Å². The smallest absolute Gasteiger partial charge is 0.311 e. The Labute approximate surface area is 117 Å². The van der Waals surface area contributed by atoms with E-state index < -0.39 is 17.8 Å². The summed E-state index contributed by atoms with van der Waals surface area (Å²) in [5, 5.41) is 0. The number of benzene rings is 1. The Morgan fingerprint density at radius 2 is 1.95 bits per heavy atom. The molecule has 5 heteroatoms. The highest BCUT2D eigenvalue weighted by molar-refractivity contribution is 5.72. The van der Waals surface area contributed by atoms with Gasteiger partial charge < -0.3 is 9.47 Å². The summed E-state index contributed by atoms with van der Waals surface area (Å²) in [6, 6.07) is 9.45. The average Bonchev–Trinajstić information content (AvgIpc) is 2.42. The van der Waals surface area contributed by atoms with Crippen LogP contribution in [-0.4, -0.2) is 25.6 Å². The van der Waals surface area contributed by atoms with Crippen LogP contribution in [0.5, 0.6) is 0 Å². The average molecular weight is 286 g/mol. The van der Waals surface area contributed by atoms with Gasteiger partial charge in [-0.1, -0.05) is 30.3 Å². The summed E-state index contributed by atoms with van der Waals surface area (Å²) in [5.41, 5.74) is 0.969. The Bertz CT molecular complexity index is 401. The van der Waals surface area contributed by atoms with Crippen molar-refractivity contribution in [1.82, 2.24) is 0 Å². The van der Waals surface area contributed by atoms with E-state index in [1.165, 1.54) is 7.11 Å². The first-order chi connectivity index (χ1) is 9.42. The Balaban J connectivity index is 2.42. The van der Waals surface area contributed by atoms with Crippen LogP contribution in [0.25, 0.3) is 0 Å². The zero-order valence-electron chi connectivity index (χ0n) is 11.8. The van der Waals surface area contributed by atoms with E-state index in [0.29, 0.717) is 6.61 Å². The highest BCUT2D eigenvalue weighted by atomic mass is 19.3. The lowest BCUT2D eigenvalue weighted by atomic mass is 10.0. The molecule has 20 heavy (non-hydrogen) atoms. The van der Waals surface area contributed by atoms with E-state index in [9.17, 15) is 13.6 Å². The van der Waals surface area contributed by atoms with Crippen LogP contribution in [0.4, 0.5) is 8.78 Å². The van der Waals surface area contributed by atoms with Crippen LogP contribution in [0.15, 0.2) is 30.3 Å². The number of rotatable bonds is 8. The molecule has 0 heterocycles. The van der Waals surface area contributed by atoms with E-state index in [0.717, 1.165) is 12.5 Å². The monoisotopic (exact) mass is 286 g/mol. The number of ether oxygens (including phenoxy) is 2. The standard InChI is InChI=1S/C15H20F2O3/c1-15(16,17)9-8-13(14(18)19-2)11-20-10-12-6-4-3-5-7-12/h3-7,13H,8-11H2,1-2H3/t13-/m0/s1. The molecule has 0 bridgehead atoms. The van der Waals surface area contributed by atoms with Crippen molar-refractivity contribution in [3.05, 3.63) is 35.9 Å². The molecule has 3 nitrogen and oxygen atoms in total. The topological polar surface area (TPSA) is 35.5 Å². The molecule has 0 aliphatic carbocycles. The molecule has 0 amide bonds. The first kappa shape index (κ1) is 16.6. The van der Waals surface area contributed by atoms with E-state index in [-0.39, 0.29) is 19.4 Å². The lowest BCUT2D eigenvalue weighted by Crippen LogP contribution is -2.24. The van der Waals surface area contributed by atoms with Gasteiger partial charge in [-0.05, 0) is 18.9 Å². The quantitative estimate of drug-likeness (QED) is 0.687. The molecule has 112 valence electrons. The van der Waals surface area contributed by atoms with Crippen molar-refractivity contribution in [2.24, 2.45) is 5.92 Å². The number of halogens is 2. The summed E-state index contributed by atoms with van der Waals surface area (Å²) < 4.78 is 35.7. The van der Waals surface area contributed by atoms with Crippen molar-refractivity contribution in [3.63, 3.8) is 0 Å². The van der Waals surface area contributed by atoms with Crippen molar-refractivity contribution < 1.29 is 23.0 Å². The van der Waals surface area contributed by atoms with Gasteiger partial charge in [-0.25, -0.2) is 8.78 Å². The molecule has 0 aliphatic heterocycles. The molecule has 0 N–H and O–H groups in total. The molecule has 1 rings (SSSR count). The third kappa shape index (κ3) is 6.61. The maximum atomic E-state index is 12.8. The van der Waals surface area contributed by atoms with Gasteiger partial charge in [0.15, 0.2) is 0 Å². The molecule has 0 saturated heterocycles. The lowest BCUT2D eigenvalue weighted by Gasteiger charge is -2.17. The number of carbonyl (C=O) groups is 1. The molecular weight excluding hydrogens is 266 g/mol. The molecule has 0 radical (unpaired) electrons. The second kappa shape index (κ2) is 7.94. The normalized spacial score (nSPS) is 13.0. The largest absolute Gasteiger partial charge is 0.469 e. The van der Waals surface area contributed by atoms with Crippen molar-refractivity contribution in [3.8, 4) is 0 Å². The van der Waals surface area contributed by atoms with Crippen LogP contribution in [0.3, 0.4) is 0 Å². The van der Waals surface area contributed by atoms with E-state index in [2.05, 4.69) is 4.74 Å². The SMILES string of the molecule is COC(=O)[C@@H](CCC(C)(F)F)COCc1ccccc1. The molecule has 1 aromatic rings.